The van der Waals surface area contributed by atoms with Gasteiger partial charge in [0.25, 0.3) is 11.8 Å². The predicted molar refractivity (Wildman–Crippen MR) is 137 cm³/mol. The molecule has 3 aromatic carbocycles. The number of anilines is 2. The van der Waals surface area contributed by atoms with E-state index in [9.17, 15) is 14.4 Å². The average Bonchev–Trinajstić information content (AvgIpc) is 3.05. The Morgan fingerprint density at radius 2 is 1.61 bits per heavy atom. The van der Waals surface area contributed by atoms with Crippen molar-refractivity contribution in [2.75, 3.05) is 17.3 Å². The highest BCUT2D eigenvalue weighted by Crippen LogP contribution is 2.39. The molecule has 1 N–H and O–H groups in total. The quantitative estimate of drug-likeness (QED) is 0.244. The zero-order valence-corrected chi connectivity index (χ0v) is 20.8. The van der Waals surface area contributed by atoms with Gasteiger partial charge in [-0.3, -0.25) is 9.59 Å². The first-order valence-electron chi connectivity index (χ1n) is 9.96. The van der Waals surface area contributed by atoms with E-state index in [2.05, 4.69) is 27.9 Å². The minimum atomic E-state index is -0.627. The normalized spacial score (nSPS) is 13.5. The van der Waals surface area contributed by atoms with Crippen LogP contribution in [0.1, 0.15) is 15.9 Å². The molecule has 1 aliphatic heterocycles. The van der Waals surface area contributed by atoms with Gasteiger partial charge >= 0.3 is 5.97 Å². The second kappa shape index (κ2) is 9.80. The molecule has 2 amide bonds. The molecule has 0 spiro atoms. The summed E-state index contributed by atoms with van der Waals surface area (Å²) < 4.78 is 5.90. The zero-order chi connectivity index (χ0) is 23.5. The van der Waals surface area contributed by atoms with Crippen LogP contribution >= 0.6 is 34.4 Å². The van der Waals surface area contributed by atoms with Crippen LogP contribution in [0.25, 0.3) is 0 Å². The third-order valence-electron chi connectivity index (χ3n) is 4.95. The summed E-state index contributed by atoms with van der Waals surface area (Å²) in [6.07, 6.45) is 0. The molecule has 33 heavy (non-hydrogen) atoms. The molecular formula is C25H19IN2O4S. The van der Waals surface area contributed by atoms with Gasteiger partial charge in [-0.05, 0) is 78.0 Å². The smallest absolute Gasteiger partial charge is 0.339 e. The molecule has 0 aliphatic carbocycles. The summed E-state index contributed by atoms with van der Waals surface area (Å²) >= 11 is 3.41. The van der Waals surface area contributed by atoms with Crippen molar-refractivity contribution in [1.29, 1.82) is 0 Å². The van der Waals surface area contributed by atoms with Gasteiger partial charge in [0.2, 0.25) is 0 Å². The van der Waals surface area contributed by atoms with Crippen LogP contribution in [0, 0.1) is 10.5 Å². The molecule has 166 valence electrons. The summed E-state index contributed by atoms with van der Waals surface area (Å²) in [4.78, 5) is 41.5. The first-order valence-corrected chi connectivity index (χ1v) is 11.9. The number of carbonyl (C=O) groups excluding carboxylic acids is 3. The van der Waals surface area contributed by atoms with Crippen molar-refractivity contribution in [2.45, 2.75) is 11.8 Å². The summed E-state index contributed by atoms with van der Waals surface area (Å²) in [5, 5.41) is 3.12. The Morgan fingerprint density at radius 3 is 2.27 bits per heavy atom. The lowest BCUT2D eigenvalue weighted by molar-refractivity contribution is -0.120. The van der Waals surface area contributed by atoms with E-state index in [1.54, 1.807) is 18.2 Å². The number of methoxy groups -OCH3 is 1. The standard InChI is InChI=1S/C25H19IN2O4S/c1-15-7-13-18(14-8-15)33-22-21(27-17-11-9-16(26)10-12-17)23(29)28(24(22)30)20-6-4-3-5-19(20)25(31)32-2/h3-14,27H,1-2H3. The van der Waals surface area contributed by atoms with Crippen molar-refractivity contribution in [3.63, 3.8) is 0 Å². The van der Waals surface area contributed by atoms with Gasteiger partial charge in [0.15, 0.2) is 0 Å². The highest BCUT2D eigenvalue weighted by Gasteiger charge is 2.41. The molecule has 1 heterocycles. The number of halogens is 1. The Hall–Kier alpha value is -3.11. The van der Waals surface area contributed by atoms with Crippen LogP contribution in [-0.4, -0.2) is 24.9 Å². The lowest BCUT2D eigenvalue weighted by Crippen LogP contribution is -2.33. The molecule has 0 aromatic heterocycles. The van der Waals surface area contributed by atoms with Crippen molar-refractivity contribution in [1.82, 2.24) is 0 Å². The fourth-order valence-electron chi connectivity index (χ4n) is 3.29. The van der Waals surface area contributed by atoms with E-state index in [0.29, 0.717) is 5.69 Å². The number of nitrogens with zero attached hydrogens (tertiary/aromatic N) is 1. The second-order valence-electron chi connectivity index (χ2n) is 7.21. The van der Waals surface area contributed by atoms with Gasteiger partial charge in [-0.25, -0.2) is 9.69 Å². The molecule has 8 heteroatoms. The highest BCUT2D eigenvalue weighted by molar-refractivity contribution is 14.1. The molecule has 0 unspecified atom stereocenters. The van der Waals surface area contributed by atoms with E-state index >= 15 is 0 Å². The van der Waals surface area contributed by atoms with Gasteiger partial charge < -0.3 is 10.1 Å². The maximum atomic E-state index is 13.5. The fraction of sp³-hybridized carbons (Fsp3) is 0.0800. The summed E-state index contributed by atoms with van der Waals surface area (Å²) in [7, 11) is 1.26. The summed E-state index contributed by atoms with van der Waals surface area (Å²) in [6, 6.07) is 21.6. The summed E-state index contributed by atoms with van der Waals surface area (Å²) in [5.74, 6) is -1.67. The van der Waals surface area contributed by atoms with Crippen LogP contribution in [0.4, 0.5) is 11.4 Å². The number of ether oxygens (including phenoxy) is 1. The van der Waals surface area contributed by atoms with Crippen molar-refractivity contribution < 1.29 is 19.1 Å². The van der Waals surface area contributed by atoms with Crippen molar-refractivity contribution >= 4 is 63.5 Å². The number of carbonyl (C=O) groups is 3. The maximum Gasteiger partial charge on any atom is 0.339 e. The van der Waals surface area contributed by atoms with Gasteiger partial charge in [0.05, 0.1) is 18.4 Å². The molecule has 4 rings (SSSR count). The maximum absolute atomic E-state index is 13.5. The number of rotatable bonds is 6. The van der Waals surface area contributed by atoms with Crippen LogP contribution in [-0.2, 0) is 14.3 Å². The molecule has 6 nitrogen and oxygen atoms in total. The Kier molecular flexibility index (Phi) is 6.85. The van der Waals surface area contributed by atoms with E-state index < -0.39 is 17.8 Å². The summed E-state index contributed by atoms with van der Waals surface area (Å²) in [6.45, 7) is 1.98. The zero-order valence-electron chi connectivity index (χ0n) is 17.8. The number of nitrogens with one attached hydrogen (secondary N) is 1. The van der Waals surface area contributed by atoms with E-state index in [0.717, 1.165) is 18.9 Å². The SMILES string of the molecule is COC(=O)c1ccccc1N1C(=O)C(Nc2ccc(I)cc2)=C(Sc2ccc(C)cc2)C1=O. The molecular weight excluding hydrogens is 551 g/mol. The lowest BCUT2D eigenvalue weighted by Gasteiger charge is -2.18. The number of benzene rings is 3. The number of imide groups is 1. The third-order valence-corrected chi connectivity index (χ3v) is 6.76. The van der Waals surface area contributed by atoms with Gasteiger partial charge in [-0.2, -0.15) is 0 Å². The predicted octanol–water partition coefficient (Wildman–Crippen LogP) is 5.38. The van der Waals surface area contributed by atoms with Crippen LogP contribution in [0.3, 0.4) is 0 Å². The third kappa shape index (κ3) is 4.81. The Labute approximate surface area is 209 Å². The van der Waals surface area contributed by atoms with Crippen LogP contribution < -0.4 is 10.2 Å². The minimum Gasteiger partial charge on any atom is -0.465 e. The number of esters is 1. The number of para-hydroxylation sites is 1. The Balaban J connectivity index is 1.78. The van der Waals surface area contributed by atoms with E-state index in [4.69, 9.17) is 4.74 Å². The average molecular weight is 570 g/mol. The summed E-state index contributed by atoms with van der Waals surface area (Å²) in [5.41, 5.74) is 2.24. The van der Waals surface area contributed by atoms with Crippen molar-refractivity contribution in [2.24, 2.45) is 0 Å². The second-order valence-corrected chi connectivity index (χ2v) is 9.53. The molecule has 0 saturated carbocycles. The topological polar surface area (TPSA) is 75.7 Å². The van der Waals surface area contributed by atoms with Gasteiger partial charge in [-0.15, -0.1) is 0 Å². The van der Waals surface area contributed by atoms with E-state index in [1.807, 2.05) is 55.5 Å². The fourth-order valence-corrected chi connectivity index (χ4v) is 4.57. The largest absolute Gasteiger partial charge is 0.465 e. The first-order chi connectivity index (χ1) is 15.9. The molecule has 0 atom stereocenters. The Morgan fingerprint density at radius 1 is 0.939 bits per heavy atom. The van der Waals surface area contributed by atoms with Crippen LogP contribution in [0.5, 0.6) is 0 Å². The number of amides is 2. The minimum absolute atomic E-state index is 0.136. The molecule has 3 aromatic rings. The first kappa shape index (κ1) is 23.1. The van der Waals surface area contributed by atoms with Gasteiger partial charge in [0.1, 0.15) is 10.6 Å². The van der Waals surface area contributed by atoms with Crippen LogP contribution in [0.15, 0.2) is 88.3 Å². The van der Waals surface area contributed by atoms with Crippen LogP contribution in [0.2, 0.25) is 0 Å². The van der Waals surface area contributed by atoms with Crippen molar-refractivity contribution in [3.8, 4) is 0 Å². The highest BCUT2D eigenvalue weighted by atomic mass is 127. The van der Waals surface area contributed by atoms with Gasteiger partial charge in [0, 0.05) is 14.2 Å². The molecule has 1 aliphatic rings. The lowest BCUT2D eigenvalue weighted by atomic mass is 10.1. The number of hydrogen-bond donors (Lipinski definition) is 1. The number of hydrogen-bond acceptors (Lipinski definition) is 6. The van der Waals surface area contributed by atoms with Gasteiger partial charge in [-0.1, -0.05) is 41.6 Å². The monoisotopic (exact) mass is 570 g/mol. The number of aryl methyl sites for hydroxylation is 1. The van der Waals surface area contributed by atoms with Crippen molar-refractivity contribution in [3.05, 3.63) is 98.1 Å². The van der Waals surface area contributed by atoms with E-state index in [-0.39, 0.29) is 21.9 Å². The van der Waals surface area contributed by atoms with E-state index in [1.165, 1.54) is 24.9 Å². The number of thioether (sulfide) groups is 1. The molecule has 0 fully saturated rings. The Bertz CT molecular complexity index is 1200. The molecule has 0 saturated heterocycles. The molecule has 0 bridgehead atoms. The molecule has 0 radical (unpaired) electrons.